The summed E-state index contributed by atoms with van der Waals surface area (Å²) in [6, 6.07) is 109. The van der Waals surface area contributed by atoms with Gasteiger partial charge in [0.15, 0.2) is 0 Å². The maximum Gasteiger partial charge on any atom is 0.0713 e. The van der Waals surface area contributed by atoms with Gasteiger partial charge in [-0.1, -0.05) is 261 Å². The van der Waals surface area contributed by atoms with Crippen LogP contribution in [0.1, 0.15) is 22.3 Å². The Morgan fingerprint density at radius 1 is 0.250 bits per heavy atom. The summed E-state index contributed by atoms with van der Waals surface area (Å²) in [6.07, 6.45) is 0. The van der Waals surface area contributed by atoms with E-state index in [-0.39, 0.29) is 0 Å². The van der Waals surface area contributed by atoms with Crippen molar-refractivity contribution in [3.05, 3.63) is 320 Å². The van der Waals surface area contributed by atoms with Crippen molar-refractivity contribution in [2.45, 2.75) is 5.41 Å². The van der Waals surface area contributed by atoms with Gasteiger partial charge in [0.1, 0.15) is 0 Å². The average Bonchev–Trinajstić information content (AvgIpc) is 3.78. The van der Waals surface area contributed by atoms with Gasteiger partial charge in [-0.25, -0.2) is 0 Å². The van der Waals surface area contributed by atoms with Crippen molar-refractivity contribution >= 4 is 27.8 Å². The van der Waals surface area contributed by atoms with Crippen molar-refractivity contribution < 1.29 is 0 Å². The van der Waals surface area contributed by atoms with E-state index in [1.54, 1.807) is 0 Å². The third-order valence-electron chi connectivity index (χ3n) is 14.8. The molecule has 0 N–H and O–H groups in total. The Labute approximate surface area is 422 Å². The Morgan fingerprint density at radius 2 is 0.708 bits per heavy atom. The molecule has 1 heteroatoms. The zero-order valence-electron chi connectivity index (χ0n) is 39.7. The van der Waals surface area contributed by atoms with Crippen LogP contribution in [0.3, 0.4) is 0 Å². The third-order valence-corrected chi connectivity index (χ3v) is 14.8. The van der Waals surface area contributed by atoms with E-state index in [0.717, 1.165) is 33.8 Å². The van der Waals surface area contributed by atoms with Crippen LogP contribution in [0.2, 0.25) is 0 Å². The van der Waals surface area contributed by atoms with Crippen LogP contribution >= 0.6 is 0 Å². The van der Waals surface area contributed by atoms with E-state index < -0.39 is 5.41 Å². The van der Waals surface area contributed by atoms with Crippen LogP contribution in [0.4, 0.5) is 17.1 Å². The Balaban J connectivity index is 0.949. The number of rotatable bonds is 10. The molecule has 1 nitrogen and oxygen atoms in total. The van der Waals surface area contributed by atoms with Crippen molar-refractivity contribution in [2.75, 3.05) is 4.90 Å². The van der Waals surface area contributed by atoms with Gasteiger partial charge in [0.25, 0.3) is 0 Å². The molecule has 0 bridgehead atoms. The molecular formula is C71H49N. The Morgan fingerprint density at radius 3 is 1.44 bits per heavy atom. The maximum absolute atomic E-state index is 2.43. The summed E-state index contributed by atoms with van der Waals surface area (Å²) < 4.78 is 0. The fraction of sp³-hybridized carbons (Fsp3) is 0.0141. The quantitative estimate of drug-likeness (QED) is 0.132. The molecule has 0 atom stereocenters. The van der Waals surface area contributed by atoms with E-state index in [1.165, 1.54) is 83.1 Å². The fourth-order valence-electron chi connectivity index (χ4n) is 11.5. The standard InChI is InChI=1S/C71H49N/c1-4-20-50(21-5-1)55-24-16-25-56(48-55)57-26-17-31-61(49-57)72(69-39-15-13-33-64(69)53-42-40-52(41-43-53)63-35-18-23-51-22-10-11-32-62(51)63)60-46-44-54(45-47-60)65-36-19-38-68-70(65)66-34-12-14-37-67(66)71(68,58-27-6-2-7-28-58)59-29-8-3-9-30-59/h1-49H. The first-order valence-electron chi connectivity index (χ1n) is 24.9. The third kappa shape index (κ3) is 7.34. The van der Waals surface area contributed by atoms with Gasteiger partial charge in [0.2, 0.25) is 0 Å². The summed E-state index contributed by atoms with van der Waals surface area (Å²) in [4.78, 5) is 2.43. The van der Waals surface area contributed by atoms with Crippen LogP contribution in [0.5, 0.6) is 0 Å². The van der Waals surface area contributed by atoms with E-state index in [1.807, 2.05) is 0 Å². The van der Waals surface area contributed by atoms with Crippen molar-refractivity contribution in [1.82, 2.24) is 0 Å². The smallest absolute Gasteiger partial charge is 0.0713 e. The van der Waals surface area contributed by atoms with E-state index in [9.17, 15) is 0 Å². The van der Waals surface area contributed by atoms with E-state index in [0.29, 0.717) is 0 Å². The van der Waals surface area contributed by atoms with Crippen molar-refractivity contribution in [3.63, 3.8) is 0 Å². The second kappa shape index (κ2) is 18.2. The van der Waals surface area contributed by atoms with Crippen LogP contribution in [0, 0.1) is 0 Å². The van der Waals surface area contributed by atoms with Crippen molar-refractivity contribution in [2.24, 2.45) is 0 Å². The lowest BCUT2D eigenvalue weighted by Gasteiger charge is -2.34. The Hall–Kier alpha value is -9.30. The molecule has 1 aliphatic carbocycles. The molecule has 0 amide bonds. The summed E-state index contributed by atoms with van der Waals surface area (Å²) in [5, 5.41) is 2.50. The summed E-state index contributed by atoms with van der Waals surface area (Å²) >= 11 is 0. The largest absolute Gasteiger partial charge is 0.310 e. The van der Waals surface area contributed by atoms with Crippen LogP contribution in [0.15, 0.2) is 297 Å². The zero-order chi connectivity index (χ0) is 47.8. The molecule has 338 valence electrons. The Kier molecular flexibility index (Phi) is 10.8. The van der Waals surface area contributed by atoms with Crippen LogP contribution in [-0.4, -0.2) is 0 Å². The molecule has 0 fully saturated rings. The van der Waals surface area contributed by atoms with E-state index >= 15 is 0 Å². The van der Waals surface area contributed by atoms with Gasteiger partial charge >= 0.3 is 0 Å². The first-order valence-corrected chi connectivity index (χ1v) is 24.9. The molecule has 1 aliphatic rings. The molecule has 0 heterocycles. The monoisotopic (exact) mass is 915 g/mol. The predicted molar refractivity (Wildman–Crippen MR) is 303 cm³/mol. The molecular weight excluding hydrogens is 867 g/mol. The number of anilines is 3. The first kappa shape index (κ1) is 42.8. The highest BCUT2D eigenvalue weighted by atomic mass is 15.1. The average molecular weight is 916 g/mol. The lowest BCUT2D eigenvalue weighted by Crippen LogP contribution is -2.28. The molecule has 0 saturated heterocycles. The van der Waals surface area contributed by atoms with Gasteiger partial charge in [0, 0.05) is 16.9 Å². The SMILES string of the molecule is c1ccc(-c2cccc(-c3cccc(N(c4ccc(-c5cccc6c5-c5ccccc5C6(c5ccccc5)c5ccccc5)cc4)c4ccccc4-c4ccc(-c5cccc6ccccc56)cc4)c3)c2)cc1. The normalized spacial score (nSPS) is 12.3. The minimum atomic E-state index is -0.469. The molecule has 72 heavy (non-hydrogen) atoms. The lowest BCUT2D eigenvalue weighted by atomic mass is 9.67. The summed E-state index contributed by atoms with van der Waals surface area (Å²) in [6.45, 7) is 0. The second-order valence-corrected chi connectivity index (χ2v) is 18.8. The van der Waals surface area contributed by atoms with E-state index in [2.05, 4.69) is 302 Å². The molecule has 0 spiro atoms. The number of para-hydroxylation sites is 1. The number of fused-ring (bicyclic) bond motifs is 4. The van der Waals surface area contributed by atoms with Crippen LogP contribution in [-0.2, 0) is 5.41 Å². The number of benzene rings is 12. The van der Waals surface area contributed by atoms with Crippen LogP contribution < -0.4 is 4.90 Å². The van der Waals surface area contributed by atoms with Gasteiger partial charge in [-0.2, -0.15) is 0 Å². The van der Waals surface area contributed by atoms with Gasteiger partial charge in [-0.05, 0) is 131 Å². The molecule has 0 unspecified atom stereocenters. The molecule has 0 radical (unpaired) electrons. The molecule has 0 aromatic heterocycles. The molecule has 0 aliphatic heterocycles. The molecule has 0 saturated carbocycles. The highest BCUT2D eigenvalue weighted by molar-refractivity contribution is 5.99. The number of hydrogen-bond acceptors (Lipinski definition) is 1. The second-order valence-electron chi connectivity index (χ2n) is 18.8. The Bertz CT molecular complexity index is 3850. The number of hydrogen-bond donors (Lipinski definition) is 0. The molecule has 13 rings (SSSR count). The highest BCUT2D eigenvalue weighted by Gasteiger charge is 2.46. The van der Waals surface area contributed by atoms with Gasteiger partial charge in [-0.15, -0.1) is 0 Å². The topological polar surface area (TPSA) is 3.24 Å². The van der Waals surface area contributed by atoms with Gasteiger partial charge in [0.05, 0.1) is 11.1 Å². The minimum Gasteiger partial charge on any atom is -0.310 e. The molecule has 12 aromatic carbocycles. The van der Waals surface area contributed by atoms with Crippen LogP contribution in [0.25, 0.3) is 77.5 Å². The van der Waals surface area contributed by atoms with Gasteiger partial charge in [-0.3, -0.25) is 0 Å². The van der Waals surface area contributed by atoms with Crippen molar-refractivity contribution in [1.29, 1.82) is 0 Å². The lowest BCUT2D eigenvalue weighted by molar-refractivity contribution is 0.768. The van der Waals surface area contributed by atoms with E-state index in [4.69, 9.17) is 0 Å². The summed E-state index contributed by atoms with van der Waals surface area (Å²) in [5.74, 6) is 0. The van der Waals surface area contributed by atoms with Gasteiger partial charge < -0.3 is 4.90 Å². The maximum atomic E-state index is 2.43. The fourth-order valence-corrected chi connectivity index (χ4v) is 11.5. The number of nitrogens with zero attached hydrogens (tertiary/aromatic N) is 1. The minimum absolute atomic E-state index is 0.469. The first-order chi connectivity index (χ1) is 35.7. The summed E-state index contributed by atoms with van der Waals surface area (Å²) in [5.41, 5.74) is 22.4. The zero-order valence-corrected chi connectivity index (χ0v) is 39.7. The molecule has 12 aromatic rings. The predicted octanol–water partition coefficient (Wildman–Crippen LogP) is 19.0. The van der Waals surface area contributed by atoms with Crippen molar-refractivity contribution in [3.8, 4) is 66.8 Å². The summed E-state index contributed by atoms with van der Waals surface area (Å²) in [7, 11) is 0. The highest BCUT2D eigenvalue weighted by Crippen LogP contribution is 2.58.